The number of benzene rings is 1. The van der Waals surface area contributed by atoms with Crippen LogP contribution in [-0.4, -0.2) is 86.5 Å². The lowest BCUT2D eigenvalue weighted by molar-refractivity contribution is -0.153. The molecule has 0 spiro atoms. The first-order valence-corrected chi connectivity index (χ1v) is 14.6. The molecule has 11 heteroatoms. The quantitative estimate of drug-likeness (QED) is 0.302. The first-order valence-electron chi connectivity index (χ1n) is 14.2. The average Bonchev–Trinajstić information content (AvgIpc) is 3.41. The molecule has 0 heterocycles. The van der Waals surface area contributed by atoms with Crippen LogP contribution in [0.15, 0.2) is 23.0 Å². The van der Waals surface area contributed by atoms with Crippen molar-refractivity contribution in [1.82, 2.24) is 9.80 Å². The van der Waals surface area contributed by atoms with Gasteiger partial charge in [0.1, 0.15) is 22.8 Å². The molecule has 10 nitrogen and oxygen atoms in total. The predicted octanol–water partition coefficient (Wildman–Crippen LogP) is 2.63. The van der Waals surface area contributed by atoms with Gasteiger partial charge in [0.15, 0.2) is 11.4 Å². The van der Waals surface area contributed by atoms with Crippen LogP contribution in [0.4, 0.5) is 0 Å². The largest absolute Gasteiger partial charge is 0.508 e. The Balaban J connectivity index is 1.58. The first-order chi connectivity index (χ1) is 19.3. The molecule has 5 rings (SSSR count). The van der Waals surface area contributed by atoms with Gasteiger partial charge in [-0.25, -0.2) is 0 Å². The highest BCUT2D eigenvalue weighted by molar-refractivity contribution is 6.32. The highest BCUT2D eigenvalue weighted by Gasteiger charge is 2.64. The number of primary amides is 1. The number of hydrogen-bond donors (Lipinski definition) is 5. The van der Waals surface area contributed by atoms with Crippen LogP contribution in [0.1, 0.15) is 55.7 Å². The number of amides is 1. The normalized spacial score (nSPS) is 28.4. The molecule has 4 aliphatic carbocycles. The van der Waals surface area contributed by atoms with Crippen LogP contribution in [0.2, 0.25) is 5.02 Å². The second-order valence-corrected chi connectivity index (χ2v) is 12.5. The molecule has 4 aliphatic rings. The Morgan fingerprint density at radius 1 is 1.17 bits per heavy atom. The molecule has 1 unspecified atom stereocenters. The van der Waals surface area contributed by atoms with Gasteiger partial charge >= 0.3 is 0 Å². The van der Waals surface area contributed by atoms with Crippen molar-refractivity contribution in [3.8, 4) is 5.75 Å². The van der Waals surface area contributed by atoms with Crippen molar-refractivity contribution < 1.29 is 34.8 Å². The number of aliphatic hydroxyl groups is 3. The number of aromatic hydroxyl groups is 1. The Kier molecular flexibility index (Phi) is 7.74. The molecule has 0 radical (unpaired) electrons. The van der Waals surface area contributed by atoms with Crippen LogP contribution in [0.3, 0.4) is 0 Å². The maximum Gasteiger partial charge on any atom is 0.255 e. The Morgan fingerprint density at radius 2 is 1.83 bits per heavy atom. The molecule has 4 atom stereocenters. The van der Waals surface area contributed by atoms with Gasteiger partial charge < -0.3 is 26.2 Å². The van der Waals surface area contributed by atoms with Gasteiger partial charge in [-0.05, 0) is 75.4 Å². The number of halogens is 1. The van der Waals surface area contributed by atoms with Gasteiger partial charge in [-0.15, -0.1) is 0 Å². The third kappa shape index (κ3) is 4.56. The number of likely N-dealkylation sites (N-methyl/N-ethyl adjacent to an activating group) is 1. The van der Waals surface area contributed by atoms with Gasteiger partial charge in [-0.1, -0.05) is 31.4 Å². The zero-order valence-electron chi connectivity index (χ0n) is 23.6. The number of nitrogens with two attached hydrogens (primary N) is 1. The summed E-state index contributed by atoms with van der Waals surface area (Å²) >= 11 is 6.93. The van der Waals surface area contributed by atoms with E-state index in [9.17, 15) is 34.8 Å². The molecule has 0 saturated heterocycles. The molecule has 1 aromatic rings. The van der Waals surface area contributed by atoms with Crippen LogP contribution in [0.25, 0.3) is 5.76 Å². The molecular weight excluding hydrogens is 550 g/mol. The SMILES string of the molecule is CCN(Cc1cc(O)c2c(c1Cl)C[C@H]1C[C@H]3[C@H](N(C)C)C(=O)C(C(N)=O)=C(O)C3(O)C(=O)C1=C2O)CC1CCCC1. The Labute approximate surface area is 244 Å². The van der Waals surface area contributed by atoms with Crippen molar-refractivity contribution in [2.45, 2.75) is 63.6 Å². The molecule has 0 bridgehead atoms. The summed E-state index contributed by atoms with van der Waals surface area (Å²) in [5, 5.41) is 45.5. The Morgan fingerprint density at radius 3 is 2.41 bits per heavy atom. The summed E-state index contributed by atoms with van der Waals surface area (Å²) in [5.41, 5.74) is 2.90. The lowest BCUT2D eigenvalue weighted by Gasteiger charge is -2.50. The zero-order valence-corrected chi connectivity index (χ0v) is 24.4. The summed E-state index contributed by atoms with van der Waals surface area (Å²) < 4.78 is 0. The van der Waals surface area contributed by atoms with Crippen LogP contribution in [-0.2, 0) is 27.3 Å². The monoisotopic (exact) mass is 587 g/mol. The standard InChI is InChI=1S/C30H38ClN3O7/c1-4-34(12-14-7-5-6-8-14)13-16-11-19(35)21-17(23(16)31)9-15-10-18-24(33(2)3)26(37)22(29(32)40)28(39)30(18,41)27(38)20(15)25(21)36/h11,14-15,18,24,35-36,39,41H,4-10,12-13H2,1-3H3,(H2,32,40)/t15-,18-,24-,30?/m0/s1. The van der Waals surface area contributed by atoms with E-state index in [1.165, 1.54) is 36.6 Å². The topological polar surface area (TPSA) is 165 Å². The van der Waals surface area contributed by atoms with E-state index in [0.717, 1.165) is 13.1 Å². The lowest BCUT2D eigenvalue weighted by Crippen LogP contribution is -2.65. The Hall–Kier alpha value is -2.92. The summed E-state index contributed by atoms with van der Waals surface area (Å²) in [6.45, 7) is 4.34. The van der Waals surface area contributed by atoms with Gasteiger partial charge in [0.05, 0.1) is 11.6 Å². The van der Waals surface area contributed by atoms with E-state index in [-0.39, 0.29) is 29.7 Å². The van der Waals surface area contributed by atoms with Crippen molar-refractivity contribution in [2.75, 3.05) is 27.2 Å². The van der Waals surface area contributed by atoms with Gasteiger partial charge in [0.2, 0.25) is 5.78 Å². The van der Waals surface area contributed by atoms with Crippen molar-refractivity contribution in [1.29, 1.82) is 0 Å². The highest BCUT2D eigenvalue weighted by atomic mass is 35.5. The molecule has 41 heavy (non-hydrogen) atoms. The fourth-order valence-corrected chi connectivity index (χ4v) is 7.85. The van der Waals surface area contributed by atoms with E-state index in [1.807, 2.05) is 0 Å². The van der Waals surface area contributed by atoms with E-state index in [1.54, 1.807) is 14.1 Å². The van der Waals surface area contributed by atoms with Gasteiger partial charge in [0.25, 0.3) is 5.91 Å². The molecule has 222 valence electrons. The zero-order chi connectivity index (χ0) is 30.0. The number of carbonyl (C=O) groups is 3. The highest BCUT2D eigenvalue weighted by Crippen LogP contribution is 2.53. The number of rotatable bonds is 7. The van der Waals surface area contributed by atoms with Gasteiger partial charge in [0, 0.05) is 29.6 Å². The molecule has 1 aromatic carbocycles. The molecular formula is C30H38ClN3O7. The average molecular weight is 588 g/mol. The third-order valence-corrected chi connectivity index (χ3v) is 10.0. The fraction of sp³-hybridized carbons (Fsp3) is 0.567. The third-order valence-electron chi connectivity index (χ3n) is 9.56. The second-order valence-electron chi connectivity index (χ2n) is 12.2. The molecule has 2 saturated carbocycles. The minimum absolute atomic E-state index is 0.00822. The first kappa shape index (κ1) is 29.6. The van der Waals surface area contributed by atoms with E-state index in [2.05, 4.69) is 11.8 Å². The van der Waals surface area contributed by atoms with E-state index >= 15 is 0 Å². The van der Waals surface area contributed by atoms with Crippen LogP contribution in [0.5, 0.6) is 5.75 Å². The Bertz CT molecular complexity index is 1380. The summed E-state index contributed by atoms with van der Waals surface area (Å²) in [6.07, 6.45) is 5.08. The number of hydrogen-bond acceptors (Lipinski definition) is 9. The van der Waals surface area contributed by atoms with Crippen LogP contribution in [0, 0.1) is 17.8 Å². The van der Waals surface area contributed by atoms with Crippen LogP contribution < -0.4 is 5.73 Å². The fourth-order valence-electron chi connectivity index (χ4n) is 7.57. The summed E-state index contributed by atoms with van der Waals surface area (Å²) in [7, 11) is 3.14. The molecule has 0 aliphatic heterocycles. The van der Waals surface area contributed by atoms with Crippen molar-refractivity contribution in [3.05, 3.63) is 44.7 Å². The summed E-state index contributed by atoms with van der Waals surface area (Å²) in [5.74, 6) is -6.13. The predicted molar refractivity (Wildman–Crippen MR) is 152 cm³/mol. The van der Waals surface area contributed by atoms with Crippen LogP contribution >= 0.6 is 11.6 Å². The number of fused-ring (bicyclic) bond motifs is 3. The number of ketones is 2. The molecule has 6 N–H and O–H groups in total. The number of phenols is 1. The number of aliphatic hydroxyl groups excluding tert-OH is 2. The molecule has 0 aromatic heterocycles. The minimum atomic E-state index is -2.66. The maximum absolute atomic E-state index is 13.9. The van der Waals surface area contributed by atoms with Crippen molar-refractivity contribution in [3.63, 3.8) is 0 Å². The van der Waals surface area contributed by atoms with E-state index in [4.69, 9.17) is 17.3 Å². The number of carbonyl (C=O) groups excluding carboxylic acids is 3. The molecule has 2 fully saturated rings. The van der Waals surface area contributed by atoms with E-state index < -0.39 is 58.0 Å². The minimum Gasteiger partial charge on any atom is -0.508 e. The van der Waals surface area contributed by atoms with Crippen molar-refractivity contribution >= 4 is 34.8 Å². The molecule has 1 amide bonds. The van der Waals surface area contributed by atoms with Gasteiger partial charge in [-0.3, -0.25) is 24.2 Å². The number of nitrogens with zero attached hydrogens (tertiary/aromatic N) is 2. The summed E-state index contributed by atoms with van der Waals surface area (Å²) in [4.78, 5) is 43.1. The van der Waals surface area contributed by atoms with E-state index in [0.29, 0.717) is 28.6 Å². The smallest absolute Gasteiger partial charge is 0.255 e. The number of Topliss-reactive ketones (excluding diaryl/α,β-unsaturated/α-hetero) is 2. The second kappa shape index (κ2) is 10.7. The number of phenolic OH excluding ortho intramolecular Hbond substituents is 1. The summed E-state index contributed by atoms with van der Waals surface area (Å²) in [6, 6.07) is 0.376. The maximum atomic E-state index is 13.9. The lowest BCUT2D eigenvalue weighted by atomic mass is 9.57. The van der Waals surface area contributed by atoms with Crippen molar-refractivity contribution in [2.24, 2.45) is 23.5 Å². The van der Waals surface area contributed by atoms with Gasteiger partial charge in [-0.2, -0.15) is 0 Å².